The van der Waals surface area contributed by atoms with Gasteiger partial charge < -0.3 is 21.1 Å². The van der Waals surface area contributed by atoms with Gasteiger partial charge >= 0.3 is 0 Å². The summed E-state index contributed by atoms with van der Waals surface area (Å²) in [7, 11) is 0. The minimum Gasteiger partial charge on any atom is -0.399 e. The number of β-amino-alcohol motifs (C(OH)–C–C–N with tert-alkyl or cyclic N) is 1. The van der Waals surface area contributed by atoms with E-state index in [1.165, 1.54) is 0 Å². The second kappa shape index (κ2) is 5.27. The molecule has 18 heavy (non-hydrogen) atoms. The third-order valence-electron chi connectivity index (χ3n) is 3.11. The van der Waals surface area contributed by atoms with Crippen molar-refractivity contribution < 1.29 is 9.90 Å². The Morgan fingerprint density at radius 2 is 2.39 bits per heavy atom. The largest absolute Gasteiger partial charge is 0.399 e. The number of nitrogens with two attached hydrogens (primary N) is 1. The number of rotatable bonds is 3. The number of anilines is 2. The van der Waals surface area contributed by atoms with Crippen molar-refractivity contribution in [2.24, 2.45) is 0 Å². The topological polar surface area (TPSA) is 78.6 Å². The Morgan fingerprint density at radius 1 is 1.61 bits per heavy atom. The maximum atomic E-state index is 12.0. The molecule has 1 aliphatic heterocycles. The van der Waals surface area contributed by atoms with Crippen LogP contribution in [0.2, 0.25) is 0 Å². The van der Waals surface area contributed by atoms with Crippen molar-refractivity contribution in [2.75, 3.05) is 30.3 Å². The van der Waals surface area contributed by atoms with E-state index in [1.807, 2.05) is 11.8 Å². The van der Waals surface area contributed by atoms with Crippen LogP contribution >= 0.6 is 0 Å². The molecular weight excluding hydrogens is 230 g/mol. The number of hydrogen-bond acceptors (Lipinski definition) is 4. The number of aliphatic hydroxyl groups is 1. The van der Waals surface area contributed by atoms with Crippen LogP contribution in [0.3, 0.4) is 0 Å². The summed E-state index contributed by atoms with van der Waals surface area (Å²) >= 11 is 0. The van der Waals surface area contributed by atoms with Crippen molar-refractivity contribution in [2.45, 2.75) is 19.4 Å². The van der Waals surface area contributed by atoms with Gasteiger partial charge in [-0.2, -0.15) is 0 Å². The van der Waals surface area contributed by atoms with Gasteiger partial charge in [-0.05, 0) is 31.5 Å². The Morgan fingerprint density at radius 3 is 3.00 bits per heavy atom. The first-order valence-corrected chi connectivity index (χ1v) is 6.22. The minimum atomic E-state index is -0.325. The van der Waals surface area contributed by atoms with Crippen molar-refractivity contribution in [1.29, 1.82) is 0 Å². The number of amides is 1. The molecule has 1 unspecified atom stereocenters. The predicted molar refractivity (Wildman–Crippen MR) is 71.7 cm³/mol. The van der Waals surface area contributed by atoms with Gasteiger partial charge in [0.05, 0.1) is 17.4 Å². The van der Waals surface area contributed by atoms with E-state index in [0.717, 1.165) is 18.7 Å². The molecule has 5 nitrogen and oxygen atoms in total. The number of aliphatic hydroxyl groups excluding tert-OH is 1. The van der Waals surface area contributed by atoms with Crippen molar-refractivity contribution in [3.8, 4) is 0 Å². The van der Waals surface area contributed by atoms with E-state index < -0.39 is 0 Å². The molecule has 1 saturated heterocycles. The fourth-order valence-corrected chi connectivity index (χ4v) is 2.22. The van der Waals surface area contributed by atoms with E-state index >= 15 is 0 Å². The zero-order valence-electron chi connectivity index (χ0n) is 10.5. The van der Waals surface area contributed by atoms with E-state index in [2.05, 4.69) is 5.32 Å². The third kappa shape index (κ3) is 2.56. The average molecular weight is 249 g/mol. The number of nitrogens with one attached hydrogen (secondary N) is 1. The summed E-state index contributed by atoms with van der Waals surface area (Å²) < 4.78 is 0. The lowest BCUT2D eigenvalue weighted by Crippen LogP contribution is -2.28. The summed E-state index contributed by atoms with van der Waals surface area (Å²) in [6.07, 6.45) is 0.400. The van der Waals surface area contributed by atoms with Gasteiger partial charge in [-0.15, -0.1) is 0 Å². The highest BCUT2D eigenvalue weighted by Crippen LogP contribution is 2.27. The molecule has 1 amide bonds. The van der Waals surface area contributed by atoms with Gasteiger partial charge in [0.1, 0.15) is 0 Å². The van der Waals surface area contributed by atoms with Gasteiger partial charge in [-0.25, -0.2) is 0 Å². The van der Waals surface area contributed by atoms with Crippen LogP contribution in [0.15, 0.2) is 18.2 Å². The number of carbonyl (C=O) groups excluding carboxylic acids is 1. The highest BCUT2D eigenvalue weighted by molar-refractivity contribution is 6.00. The Balaban J connectivity index is 2.31. The van der Waals surface area contributed by atoms with Gasteiger partial charge in [0.25, 0.3) is 5.91 Å². The lowest BCUT2D eigenvalue weighted by atomic mass is 10.1. The van der Waals surface area contributed by atoms with Gasteiger partial charge in [0.2, 0.25) is 0 Å². The summed E-state index contributed by atoms with van der Waals surface area (Å²) in [5, 5.41) is 12.4. The molecule has 0 aliphatic carbocycles. The molecular formula is C13H19N3O2. The molecule has 0 radical (unpaired) electrons. The van der Waals surface area contributed by atoms with Gasteiger partial charge in [0, 0.05) is 25.3 Å². The van der Waals surface area contributed by atoms with E-state index in [4.69, 9.17) is 5.73 Å². The molecule has 4 N–H and O–H groups in total. The summed E-state index contributed by atoms with van der Waals surface area (Å²) in [6, 6.07) is 5.25. The minimum absolute atomic E-state index is 0.103. The summed E-state index contributed by atoms with van der Waals surface area (Å²) in [5.74, 6) is -0.103. The fourth-order valence-electron chi connectivity index (χ4n) is 2.22. The van der Waals surface area contributed by atoms with E-state index in [-0.39, 0.29) is 12.0 Å². The zero-order valence-corrected chi connectivity index (χ0v) is 10.5. The number of nitrogen functional groups attached to an aromatic ring is 1. The SMILES string of the molecule is CCNC(=O)c1ccc(N)cc1N1CCC(O)C1. The van der Waals surface area contributed by atoms with Gasteiger partial charge in [-0.3, -0.25) is 4.79 Å². The Bertz CT molecular complexity index is 448. The first-order valence-electron chi connectivity index (χ1n) is 6.22. The molecule has 2 rings (SSSR count). The molecule has 1 atom stereocenters. The lowest BCUT2D eigenvalue weighted by Gasteiger charge is -2.21. The first-order chi connectivity index (χ1) is 8.61. The normalized spacial score (nSPS) is 19.0. The summed E-state index contributed by atoms with van der Waals surface area (Å²) in [5.41, 5.74) is 7.82. The second-order valence-electron chi connectivity index (χ2n) is 4.52. The van der Waals surface area contributed by atoms with Crippen LogP contribution in [0.5, 0.6) is 0 Å². The fraction of sp³-hybridized carbons (Fsp3) is 0.462. The van der Waals surface area contributed by atoms with E-state index in [0.29, 0.717) is 24.3 Å². The second-order valence-corrected chi connectivity index (χ2v) is 4.52. The molecule has 0 saturated carbocycles. The van der Waals surface area contributed by atoms with E-state index in [1.54, 1.807) is 18.2 Å². The zero-order chi connectivity index (χ0) is 13.1. The standard InChI is InChI=1S/C13H19N3O2/c1-2-15-13(18)11-4-3-9(14)7-12(11)16-6-5-10(17)8-16/h3-4,7,10,17H,2,5-6,8,14H2,1H3,(H,15,18). The third-order valence-corrected chi connectivity index (χ3v) is 3.11. The number of benzene rings is 1. The van der Waals surface area contributed by atoms with Crippen LogP contribution in [0.25, 0.3) is 0 Å². The van der Waals surface area contributed by atoms with Gasteiger partial charge in [-0.1, -0.05) is 0 Å². The maximum Gasteiger partial charge on any atom is 0.253 e. The summed E-state index contributed by atoms with van der Waals surface area (Å²) in [4.78, 5) is 14.0. The van der Waals surface area contributed by atoms with Crippen LogP contribution in [0, 0.1) is 0 Å². The lowest BCUT2D eigenvalue weighted by molar-refractivity contribution is 0.0956. The molecule has 1 aromatic rings. The number of carbonyl (C=O) groups is 1. The van der Waals surface area contributed by atoms with Crippen molar-refractivity contribution in [3.63, 3.8) is 0 Å². The van der Waals surface area contributed by atoms with Crippen LogP contribution in [0.4, 0.5) is 11.4 Å². The van der Waals surface area contributed by atoms with Gasteiger partial charge in [0.15, 0.2) is 0 Å². The Labute approximate surface area is 107 Å². The Kier molecular flexibility index (Phi) is 3.72. The highest BCUT2D eigenvalue weighted by Gasteiger charge is 2.24. The predicted octanol–water partition coefficient (Wildman–Crippen LogP) is 0.590. The van der Waals surface area contributed by atoms with Crippen LogP contribution in [-0.4, -0.2) is 36.8 Å². The molecule has 5 heteroatoms. The van der Waals surface area contributed by atoms with E-state index in [9.17, 15) is 9.90 Å². The molecule has 1 heterocycles. The number of hydrogen-bond donors (Lipinski definition) is 3. The highest BCUT2D eigenvalue weighted by atomic mass is 16.3. The van der Waals surface area contributed by atoms with Crippen molar-refractivity contribution >= 4 is 17.3 Å². The van der Waals surface area contributed by atoms with Crippen LogP contribution in [-0.2, 0) is 0 Å². The first kappa shape index (κ1) is 12.7. The number of nitrogens with zero attached hydrogens (tertiary/aromatic N) is 1. The molecule has 0 spiro atoms. The van der Waals surface area contributed by atoms with Crippen LogP contribution in [0.1, 0.15) is 23.7 Å². The Hall–Kier alpha value is -1.75. The summed E-state index contributed by atoms with van der Waals surface area (Å²) in [6.45, 7) is 3.77. The quantitative estimate of drug-likeness (QED) is 0.685. The smallest absolute Gasteiger partial charge is 0.253 e. The molecule has 98 valence electrons. The van der Waals surface area contributed by atoms with Crippen LogP contribution < -0.4 is 16.0 Å². The maximum absolute atomic E-state index is 12.0. The monoisotopic (exact) mass is 249 g/mol. The van der Waals surface area contributed by atoms with Crippen molar-refractivity contribution in [3.05, 3.63) is 23.8 Å². The molecule has 1 fully saturated rings. The molecule has 0 bridgehead atoms. The average Bonchev–Trinajstić information content (AvgIpc) is 2.76. The molecule has 0 aromatic heterocycles. The molecule has 1 aliphatic rings. The molecule has 1 aromatic carbocycles. The van der Waals surface area contributed by atoms with Crippen molar-refractivity contribution in [1.82, 2.24) is 5.32 Å².